The molecular weight excluding hydrogens is 549 g/mol. The lowest BCUT2D eigenvalue weighted by molar-refractivity contribution is -0.139. The highest BCUT2D eigenvalue weighted by atomic mass is 19.4. The highest BCUT2D eigenvalue weighted by Gasteiger charge is 2.32. The number of morpholine rings is 1. The normalized spacial score (nSPS) is 14.2. The molecule has 41 heavy (non-hydrogen) atoms. The Hall–Kier alpha value is -4.28. The van der Waals surface area contributed by atoms with Crippen molar-refractivity contribution < 1.29 is 32.2 Å². The van der Waals surface area contributed by atoms with Gasteiger partial charge in [-0.3, -0.25) is 14.7 Å². The summed E-state index contributed by atoms with van der Waals surface area (Å²) in [6.45, 7) is 7.12. The zero-order valence-electron chi connectivity index (χ0n) is 23.0. The molecule has 222 valence electrons. The van der Waals surface area contributed by atoms with E-state index in [0.717, 1.165) is 4.57 Å². The topological polar surface area (TPSA) is 161 Å². The number of nitrogens with one attached hydrogen (secondary N) is 3. The Kier molecular flexibility index (Phi) is 8.74. The summed E-state index contributed by atoms with van der Waals surface area (Å²) in [4.78, 5) is 46.8. The van der Waals surface area contributed by atoms with Crippen LogP contribution in [0.1, 0.15) is 27.7 Å². The number of aromatic nitrogens is 6. The van der Waals surface area contributed by atoms with Crippen molar-refractivity contribution in [1.29, 1.82) is 0 Å². The lowest BCUT2D eigenvalue weighted by Gasteiger charge is -2.28. The van der Waals surface area contributed by atoms with Crippen LogP contribution in [0.4, 0.5) is 35.7 Å². The second kappa shape index (κ2) is 12.1. The molecule has 0 saturated carbocycles. The number of halogens is 3. The van der Waals surface area contributed by atoms with Crippen molar-refractivity contribution in [2.45, 2.75) is 46.0 Å². The van der Waals surface area contributed by atoms with Crippen molar-refractivity contribution in [3.8, 4) is 11.4 Å². The van der Waals surface area contributed by atoms with E-state index in [1.807, 2.05) is 4.90 Å². The van der Waals surface area contributed by atoms with Gasteiger partial charge in [-0.2, -0.15) is 13.2 Å². The summed E-state index contributed by atoms with van der Waals surface area (Å²) in [5.74, 6) is 0.0170. The van der Waals surface area contributed by atoms with Gasteiger partial charge in [0, 0.05) is 45.5 Å². The van der Waals surface area contributed by atoms with E-state index in [1.54, 1.807) is 20.8 Å². The Morgan fingerprint density at radius 1 is 1.05 bits per heavy atom. The summed E-state index contributed by atoms with van der Waals surface area (Å²) in [6, 6.07) is 0. The van der Waals surface area contributed by atoms with Gasteiger partial charge in [-0.15, -0.1) is 0 Å². The molecule has 1 fully saturated rings. The molecule has 0 atom stereocenters. The lowest BCUT2D eigenvalue weighted by atomic mass is 10.2. The number of hydrogen-bond acceptors (Lipinski definition) is 11. The molecule has 0 spiro atoms. The van der Waals surface area contributed by atoms with Gasteiger partial charge in [-0.1, -0.05) is 0 Å². The first-order chi connectivity index (χ1) is 19.3. The van der Waals surface area contributed by atoms with Crippen LogP contribution in [0.2, 0.25) is 0 Å². The molecule has 0 radical (unpaired) electrons. The summed E-state index contributed by atoms with van der Waals surface area (Å²) < 4.78 is 52.6. The second-order valence-electron chi connectivity index (χ2n) is 10.1. The number of fused-ring (bicyclic) bond motifs is 1. The predicted octanol–water partition coefficient (Wildman–Crippen LogP) is 2.58. The SMILES string of the molecule is CC(=O)NCCNc1nc2c(N3CCOCC3)nc(-c3cnc(NC(=O)OC(C)(C)C)nc3)nc2n1CC(F)(F)F. The Morgan fingerprint density at radius 2 is 1.73 bits per heavy atom. The molecule has 17 heteroatoms. The van der Waals surface area contributed by atoms with Gasteiger partial charge in [0.25, 0.3) is 0 Å². The maximum absolute atomic E-state index is 13.7. The number of alkyl halides is 3. The fraction of sp³-hybridized carbons (Fsp3) is 0.542. The Balaban J connectivity index is 1.74. The van der Waals surface area contributed by atoms with Gasteiger partial charge in [0.2, 0.25) is 17.8 Å². The van der Waals surface area contributed by atoms with Gasteiger partial charge in [-0.25, -0.2) is 29.7 Å². The minimum absolute atomic E-state index is 0.0368. The molecule has 0 aliphatic carbocycles. The Morgan fingerprint density at radius 3 is 2.34 bits per heavy atom. The van der Waals surface area contributed by atoms with Gasteiger partial charge in [0.15, 0.2) is 22.8 Å². The van der Waals surface area contributed by atoms with Gasteiger partial charge in [-0.05, 0) is 20.8 Å². The molecule has 0 bridgehead atoms. The maximum Gasteiger partial charge on any atom is 0.414 e. The van der Waals surface area contributed by atoms with Crippen LogP contribution >= 0.6 is 0 Å². The van der Waals surface area contributed by atoms with E-state index in [-0.39, 0.29) is 47.9 Å². The Bertz CT molecular complexity index is 1380. The molecule has 1 aliphatic heterocycles. The summed E-state index contributed by atoms with van der Waals surface area (Å²) in [6.07, 6.45) is -2.63. The molecule has 3 N–H and O–H groups in total. The number of amides is 2. The molecule has 2 amide bonds. The number of carbonyl (C=O) groups is 2. The zero-order valence-corrected chi connectivity index (χ0v) is 23.0. The monoisotopic (exact) mass is 580 g/mol. The minimum atomic E-state index is -4.58. The maximum atomic E-state index is 13.7. The molecule has 4 rings (SSSR count). The van der Waals surface area contributed by atoms with Gasteiger partial charge >= 0.3 is 12.3 Å². The minimum Gasteiger partial charge on any atom is -0.444 e. The van der Waals surface area contributed by atoms with E-state index in [9.17, 15) is 22.8 Å². The second-order valence-corrected chi connectivity index (χ2v) is 10.1. The average molecular weight is 581 g/mol. The third kappa shape index (κ3) is 8.12. The van der Waals surface area contributed by atoms with E-state index in [1.165, 1.54) is 19.3 Å². The Labute approximate surface area is 233 Å². The number of ether oxygens (including phenoxy) is 2. The van der Waals surface area contributed by atoms with Crippen LogP contribution in [0, 0.1) is 0 Å². The standard InChI is InChI=1S/C24H31F3N10O4/c1-14(38)28-5-6-29-21-32-16-18(36-7-9-40-10-8-36)33-17(34-19(16)37(21)13-24(25,26)27)15-11-30-20(31-12-15)35-22(39)41-23(2,3)4/h11-12H,5-10,13H2,1-4H3,(H,28,38)(H,29,32)(H,30,31,35,39). The number of rotatable bonds is 8. The molecular formula is C24H31F3N10O4. The van der Waals surface area contributed by atoms with E-state index in [4.69, 9.17) is 9.47 Å². The number of hydrogen-bond donors (Lipinski definition) is 3. The van der Waals surface area contributed by atoms with Crippen LogP contribution < -0.4 is 20.9 Å². The number of carbonyl (C=O) groups excluding carboxylic acids is 2. The first-order valence-electron chi connectivity index (χ1n) is 12.8. The third-order valence-corrected chi connectivity index (χ3v) is 5.53. The highest BCUT2D eigenvalue weighted by Crippen LogP contribution is 2.32. The van der Waals surface area contributed by atoms with Crippen molar-refractivity contribution in [3.63, 3.8) is 0 Å². The first kappa shape index (κ1) is 29.7. The summed E-state index contributed by atoms with van der Waals surface area (Å²) >= 11 is 0. The number of imidazole rings is 1. The van der Waals surface area contributed by atoms with Gasteiger partial charge < -0.3 is 25.0 Å². The molecule has 0 unspecified atom stereocenters. The van der Waals surface area contributed by atoms with Crippen molar-refractivity contribution in [3.05, 3.63) is 12.4 Å². The molecule has 14 nitrogen and oxygen atoms in total. The quantitative estimate of drug-likeness (QED) is 0.336. The van der Waals surface area contributed by atoms with Crippen LogP contribution in [-0.4, -0.2) is 92.7 Å². The smallest absolute Gasteiger partial charge is 0.414 e. The molecule has 0 aromatic carbocycles. The van der Waals surface area contributed by atoms with Crippen molar-refractivity contribution >= 4 is 40.9 Å². The highest BCUT2D eigenvalue weighted by molar-refractivity contribution is 5.88. The van der Waals surface area contributed by atoms with Gasteiger partial charge in [0.05, 0.1) is 18.8 Å². The molecule has 3 aromatic rings. The van der Waals surface area contributed by atoms with E-state index < -0.39 is 24.4 Å². The molecule has 3 aromatic heterocycles. The van der Waals surface area contributed by atoms with Crippen LogP contribution in [0.25, 0.3) is 22.6 Å². The van der Waals surface area contributed by atoms with Crippen LogP contribution in [0.15, 0.2) is 12.4 Å². The fourth-order valence-electron chi connectivity index (χ4n) is 3.89. The molecule has 1 saturated heterocycles. The lowest BCUT2D eigenvalue weighted by Crippen LogP contribution is -2.37. The van der Waals surface area contributed by atoms with Crippen LogP contribution in [0.5, 0.6) is 0 Å². The molecule has 1 aliphatic rings. The predicted molar refractivity (Wildman–Crippen MR) is 142 cm³/mol. The largest absolute Gasteiger partial charge is 0.444 e. The summed E-state index contributed by atoms with van der Waals surface area (Å²) in [7, 11) is 0. The van der Waals surface area contributed by atoms with E-state index >= 15 is 0 Å². The van der Waals surface area contributed by atoms with Crippen molar-refractivity contribution in [2.75, 3.05) is 54.9 Å². The van der Waals surface area contributed by atoms with Crippen LogP contribution in [0.3, 0.4) is 0 Å². The van der Waals surface area contributed by atoms with E-state index in [0.29, 0.717) is 37.7 Å². The number of anilines is 3. The van der Waals surface area contributed by atoms with Crippen LogP contribution in [-0.2, 0) is 20.8 Å². The van der Waals surface area contributed by atoms with Crippen molar-refractivity contribution in [2.24, 2.45) is 0 Å². The zero-order chi connectivity index (χ0) is 29.8. The fourth-order valence-corrected chi connectivity index (χ4v) is 3.89. The van der Waals surface area contributed by atoms with Gasteiger partial charge in [0.1, 0.15) is 12.1 Å². The van der Waals surface area contributed by atoms with E-state index in [2.05, 4.69) is 40.9 Å². The average Bonchev–Trinajstić information content (AvgIpc) is 3.21. The third-order valence-electron chi connectivity index (χ3n) is 5.53. The molecule has 4 heterocycles. The number of nitrogens with zero attached hydrogens (tertiary/aromatic N) is 7. The summed E-state index contributed by atoms with van der Waals surface area (Å²) in [5.41, 5.74) is -0.297. The summed E-state index contributed by atoms with van der Waals surface area (Å²) in [5, 5.41) is 7.86. The van der Waals surface area contributed by atoms with Crippen molar-refractivity contribution in [1.82, 2.24) is 34.8 Å². The first-order valence-corrected chi connectivity index (χ1v) is 12.8.